The molecule has 1 unspecified atom stereocenters. The molecule has 1 fully saturated rings. The van der Waals surface area contributed by atoms with Crippen molar-refractivity contribution in [2.24, 2.45) is 5.92 Å². The summed E-state index contributed by atoms with van der Waals surface area (Å²) in [6.07, 6.45) is 2.20. The molecule has 0 spiro atoms. The number of nitro benzene ring substituents is 1. The number of carbonyl (C=O) groups is 1. The first-order valence-corrected chi connectivity index (χ1v) is 6.99. The second-order valence-electron chi connectivity index (χ2n) is 5.04. The number of amides is 1. The fourth-order valence-corrected chi connectivity index (χ4v) is 2.51. The number of carbonyl (C=O) groups excluding carboxylic acids is 1. The summed E-state index contributed by atoms with van der Waals surface area (Å²) < 4.78 is 0. The molecule has 0 bridgehead atoms. The van der Waals surface area contributed by atoms with E-state index < -0.39 is 4.92 Å². The van der Waals surface area contributed by atoms with E-state index in [-0.39, 0.29) is 33.2 Å². The Kier molecular flexibility index (Phi) is 4.20. The van der Waals surface area contributed by atoms with E-state index in [4.69, 9.17) is 23.2 Å². The van der Waals surface area contributed by atoms with Gasteiger partial charge in [-0.15, -0.1) is 0 Å². The second kappa shape index (κ2) is 5.58. The molecule has 7 heteroatoms. The zero-order valence-corrected chi connectivity index (χ0v) is 12.6. The van der Waals surface area contributed by atoms with E-state index in [1.807, 2.05) is 6.92 Å². The standard InChI is InChI=1S/C13H14Cl2N2O3/c1-7(8-3-4-8)16(2)13(18)10-5-9(17(19)20)6-11(14)12(10)15/h5-8H,3-4H2,1-2H3. The van der Waals surface area contributed by atoms with Gasteiger partial charge in [0, 0.05) is 25.2 Å². The van der Waals surface area contributed by atoms with Crippen molar-refractivity contribution in [2.45, 2.75) is 25.8 Å². The maximum Gasteiger partial charge on any atom is 0.271 e. The first kappa shape index (κ1) is 15.1. The first-order chi connectivity index (χ1) is 9.32. The summed E-state index contributed by atoms with van der Waals surface area (Å²) in [5.41, 5.74) is -0.170. The topological polar surface area (TPSA) is 63.5 Å². The Morgan fingerprint density at radius 3 is 2.55 bits per heavy atom. The Morgan fingerprint density at radius 2 is 2.05 bits per heavy atom. The Hall–Kier alpha value is -1.33. The molecule has 20 heavy (non-hydrogen) atoms. The van der Waals surface area contributed by atoms with Crippen LogP contribution in [0.3, 0.4) is 0 Å². The second-order valence-corrected chi connectivity index (χ2v) is 5.83. The summed E-state index contributed by atoms with van der Waals surface area (Å²) in [6, 6.07) is 2.40. The molecule has 0 saturated heterocycles. The maximum absolute atomic E-state index is 12.4. The molecule has 1 aromatic carbocycles. The maximum atomic E-state index is 12.4. The molecule has 1 saturated carbocycles. The van der Waals surface area contributed by atoms with Crippen molar-refractivity contribution in [2.75, 3.05) is 7.05 Å². The summed E-state index contributed by atoms with van der Waals surface area (Å²) >= 11 is 11.9. The van der Waals surface area contributed by atoms with Gasteiger partial charge in [0.05, 0.1) is 20.5 Å². The van der Waals surface area contributed by atoms with Crippen LogP contribution in [0.1, 0.15) is 30.1 Å². The van der Waals surface area contributed by atoms with Gasteiger partial charge in [0.1, 0.15) is 0 Å². The van der Waals surface area contributed by atoms with Crippen molar-refractivity contribution in [3.8, 4) is 0 Å². The van der Waals surface area contributed by atoms with Crippen LogP contribution in [0, 0.1) is 16.0 Å². The lowest BCUT2D eigenvalue weighted by Crippen LogP contribution is -2.36. The van der Waals surface area contributed by atoms with Crippen molar-refractivity contribution in [1.82, 2.24) is 4.90 Å². The first-order valence-electron chi connectivity index (χ1n) is 6.23. The number of rotatable bonds is 4. The Bertz CT molecular complexity index is 573. The molecule has 1 aliphatic rings. The van der Waals surface area contributed by atoms with Crippen molar-refractivity contribution < 1.29 is 9.72 Å². The number of non-ortho nitro benzene ring substituents is 1. The van der Waals surface area contributed by atoms with Gasteiger partial charge in [0.2, 0.25) is 0 Å². The van der Waals surface area contributed by atoms with Crippen LogP contribution in [-0.4, -0.2) is 28.8 Å². The Balaban J connectivity index is 2.35. The SMILES string of the molecule is CC(C1CC1)N(C)C(=O)c1cc([N+](=O)[O-])cc(Cl)c1Cl. The van der Waals surface area contributed by atoms with Gasteiger partial charge in [-0.25, -0.2) is 0 Å². The molecule has 0 radical (unpaired) electrons. The molecule has 1 amide bonds. The smallest absolute Gasteiger partial charge is 0.271 e. The summed E-state index contributed by atoms with van der Waals surface area (Å²) in [7, 11) is 1.67. The molecule has 5 nitrogen and oxygen atoms in total. The van der Waals surface area contributed by atoms with E-state index >= 15 is 0 Å². The summed E-state index contributed by atoms with van der Waals surface area (Å²) in [5.74, 6) is 0.150. The lowest BCUT2D eigenvalue weighted by Gasteiger charge is -2.25. The Morgan fingerprint density at radius 1 is 1.45 bits per heavy atom. The minimum absolute atomic E-state index is 0.0108. The Labute approximate surface area is 126 Å². The van der Waals surface area contributed by atoms with E-state index in [1.165, 1.54) is 6.07 Å². The molecule has 108 valence electrons. The highest BCUT2D eigenvalue weighted by Crippen LogP contribution is 2.36. The van der Waals surface area contributed by atoms with Gasteiger partial charge in [-0.1, -0.05) is 23.2 Å². The average molecular weight is 317 g/mol. The van der Waals surface area contributed by atoms with Gasteiger partial charge in [-0.2, -0.15) is 0 Å². The number of halogens is 2. The molecule has 1 aliphatic carbocycles. The van der Waals surface area contributed by atoms with Gasteiger partial charge in [0.25, 0.3) is 11.6 Å². The molecule has 1 aromatic rings. The third-order valence-corrected chi connectivity index (χ3v) is 4.49. The van der Waals surface area contributed by atoms with Crippen LogP contribution in [0.15, 0.2) is 12.1 Å². The number of benzene rings is 1. The molecule has 0 N–H and O–H groups in total. The van der Waals surface area contributed by atoms with Crippen molar-refractivity contribution in [3.63, 3.8) is 0 Å². The highest BCUT2D eigenvalue weighted by molar-refractivity contribution is 6.44. The predicted octanol–water partition coefficient (Wildman–Crippen LogP) is 3.77. The van der Waals surface area contributed by atoms with Crippen LogP contribution in [0.2, 0.25) is 10.0 Å². The number of hydrogen-bond acceptors (Lipinski definition) is 3. The fourth-order valence-electron chi connectivity index (χ4n) is 2.11. The fraction of sp³-hybridized carbons (Fsp3) is 0.462. The highest BCUT2D eigenvalue weighted by atomic mass is 35.5. The van der Waals surface area contributed by atoms with Gasteiger partial charge >= 0.3 is 0 Å². The lowest BCUT2D eigenvalue weighted by molar-refractivity contribution is -0.384. The molecule has 1 atom stereocenters. The van der Waals surface area contributed by atoms with Crippen molar-refractivity contribution in [1.29, 1.82) is 0 Å². The number of nitro groups is 1. The van der Waals surface area contributed by atoms with E-state index in [2.05, 4.69) is 0 Å². The third-order valence-electron chi connectivity index (χ3n) is 3.69. The summed E-state index contributed by atoms with van der Waals surface area (Å²) in [6.45, 7) is 1.96. The predicted molar refractivity (Wildman–Crippen MR) is 77.4 cm³/mol. The molecular formula is C13H14Cl2N2O3. The van der Waals surface area contributed by atoms with Crippen LogP contribution >= 0.6 is 23.2 Å². The van der Waals surface area contributed by atoms with E-state index in [0.29, 0.717) is 5.92 Å². The zero-order valence-electron chi connectivity index (χ0n) is 11.1. The van der Waals surface area contributed by atoms with Crippen molar-refractivity contribution >= 4 is 34.8 Å². The summed E-state index contributed by atoms with van der Waals surface area (Å²) in [5, 5.41) is 10.9. The quantitative estimate of drug-likeness (QED) is 0.627. The third kappa shape index (κ3) is 2.88. The van der Waals surface area contributed by atoms with Crippen LogP contribution in [-0.2, 0) is 0 Å². The number of hydrogen-bond donors (Lipinski definition) is 0. The lowest BCUT2D eigenvalue weighted by atomic mass is 10.1. The average Bonchev–Trinajstić information content (AvgIpc) is 3.23. The van der Waals surface area contributed by atoms with Gasteiger partial charge in [-0.05, 0) is 25.7 Å². The number of nitrogens with zero attached hydrogens (tertiary/aromatic N) is 2. The monoisotopic (exact) mass is 316 g/mol. The van der Waals surface area contributed by atoms with Gasteiger partial charge in [0.15, 0.2) is 0 Å². The molecule has 0 aliphatic heterocycles. The highest BCUT2D eigenvalue weighted by Gasteiger charge is 2.33. The van der Waals surface area contributed by atoms with Crippen LogP contribution < -0.4 is 0 Å². The largest absolute Gasteiger partial charge is 0.339 e. The zero-order chi connectivity index (χ0) is 15.0. The van der Waals surface area contributed by atoms with Gasteiger partial charge in [-0.3, -0.25) is 14.9 Å². The molecular weight excluding hydrogens is 303 g/mol. The summed E-state index contributed by atoms with van der Waals surface area (Å²) in [4.78, 5) is 24.2. The minimum atomic E-state index is -0.594. The van der Waals surface area contributed by atoms with Gasteiger partial charge < -0.3 is 4.90 Å². The molecule has 0 aromatic heterocycles. The molecule has 0 heterocycles. The van der Waals surface area contributed by atoms with Crippen LogP contribution in [0.4, 0.5) is 5.69 Å². The van der Waals surface area contributed by atoms with E-state index in [0.717, 1.165) is 18.9 Å². The van der Waals surface area contributed by atoms with Crippen molar-refractivity contribution in [3.05, 3.63) is 37.9 Å². The minimum Gasteiger partial charge on any atom is -0.339 e. The molecule has 2 rings (SSSR count). The normalized spacial score (nSPS) is 15.8. The van der Waals surface area contributed by atoms with E-state index in [1.54, 1.807) is 11.9 Å². The van der Waals surface area contributed by atoms with E-state index in [9.17, 15) is 14.9 Å². The van der Waals surface area contributed by atoms with Crippen LogP contribution in [0.25, 0.3) is 0 Å². The van der Waals surface area contributed by atoms with Crippen LogP contribution in [0.5, 0.6) is 0 Å².